The fraction of sp³-hybridized carbons (Fsp3) is 0.636. The summed E-state index contributed by atoms with van der Waals surface area (Å²) >= 11 is 0. The highest BCUT2D eigenvalue weighted by Gasteiger charge is 2.46. The van der Waals surface area contributed by atoms with Crippen molar-refractivity contribution >= 4 is 28.8 Å². The van der Waals surface area contributed by atoms with Gasteiger partial charge in [0.05, 0.1) is 17.2 Å². The number of para-hydroxylation sites is 1. The van der Waals surface area contributed by atoms with Crippen LogP contribution in [0.3, 0.4) is 0 Å². The van der Waals surface area contributed by atoms with Gasteiger partial charge in [0.25, 0.3) is 0 Å². The van der Waals surface area contributed by atoms with Crippen LogP contribution in [-0.4, -0.2) is 87.0 Å². The Balaban J connectivity index is 1.01. The third-order valence-electron chi connectivity index (χ3n) is 11.5. The molecule has 2 aromatic rings. The molecule has 3 saturated heterocycles. The van der Waals surface area contributed by atoms with Gasteiger partial charge in [-0.25, -0.2) is 4.79 Å². The van der Waals surface area contributed by atoms with Gasteiger partial charge >= 0.3 is 5.69 Å². The monoisotopic (exact) mass is 588 g/mol. The highest BCUT2D eigenvalue weighted by Crippen LogP contribution is 2.44. The molecular formula is C33H44N6O4. The third kappa shape index (κ3) is 4.68. The molecule has 10 nitrogen and oxygen atoms in total. The molecule has 43 heavy (non-hydrogen) atoms. The Morgan fingerprint density at radius 2 is 1.58 bits per heavy atom. The Bertz CT molecular complexity index is 1570. The van der Waals surface area contributed by atoms with Crippen molar-refractivity contribution in [3.8, 4) is 0 Å². The Morgan fingerprint density at radius 3 is 2.26 bits per heavy atom. The molecule has 10 heteroatoms. The third-order valence-corrected chi connectivity index (χ3v) is 11.5. The first kappa shape index (κ1) is 28.5. The fourth-order valence-corrected chi connectivity index (χ4v) is 8.97. The molecule has 5 aliphatic rings. The average Bonchev–Trinajstić information content (AvgIpc) is 3.65. The molecule has 1 aliphatic carbocycles. The molecule has 4 fully saturated rings. The maximum absolute atomic E-state index is 13.4. The zero-order valence-corrected chi connectivity index (χ0v) is 25.8. The predicted molar refractivity (Wildman–Crippen MR) is 163 cm³/mol. The van der Waals surface area contributed by atoms with Crippen molar-refractivity contribution in [2.75, 3.05) is 33.2 Å². The molecule has 7 rings (SSSR count). The Hall–Kier alpha value is -3.24. The van der Waals surface area contributed by atoms with Crippen LogP contribution in [0.25, 0.3) is 11.0 Å². The van der Waals surface area contributed by atoms with Gasteiger partial charge in [-0.05, 0) is 88.4 Å². The number of rotatable bonds is 4. The average molecular weight is 589 g/mol. The van der Waals surface area contributed by atoms with Crippen LogP contribution in [0.5, 0.6) is 0 Å². The van der Waals surface area contributed by atoms with Crippen molar-refractivity contribution in [2.24, 2.45) is 18.9 Å². The van der Waals surface area contributed by atoms with Crippen LogP contribution in [0.4, 0.5) is 0 Å². The summed E-state index contributed by atoms with van der Waals surface area (Å²) in [6, 6.07) is 6.05. The number of imidazole rings is 1. The second-order valence-corrected chi connectivity index (χ2v) is 13.8. The molecule has 4 atom stereocenters. The van der Waals surface area contributed by atoms with Crippen LogP contribution in [0, 0.1) is 11.8 Å². The Morgan fingerprint density at radius 1 is 0.884 bits per heavy atom. The summed E-state index contributed by atoms with van der Waals surface area (Å²) < 4.78 is 3.29. The van der Waals surface area contributed by atoms with Crippen molar-refractivity contribution in [1.29, 1.82) is 0 Å². The minimum Gasteiger partial charge on any atom is -0.326 e. The first-order chi connectivity index (χ1) is 20.6. The van der Waals surface area contributed by atoms with E-state index in [0.29, 0.717) is 30.2 Å². The number of amides is 3. The van der Waals surface area contributed by atoms with Crippen LogP contribution >= 0.6 is 0 Å². The number of carbonyl (C=O) groups is 3. The molecule has 1 saturated carbocycles. The Kier molecular flexibility index (Phi) is 7.12. The van der Waals surface area contributed by atoms with E-state index in [2.05, 4.69) is 28.1 Å². The van der Waals surface area contributed by atoms with Gasteiger partial charge in [-0.2, -0.15) is 0 Å². The Labute approximate surface area is 252 Å². The number of hydrogen-bond acceptors (Lipinski definition) is 6. The first-order valence-corrected chi connectivity index (χ1v) is 16.1. The largest absolute Gasteiger partial charge is 0.329 e. The van der Waals surface area contributed by atoms with Crippen molar-refractivity contribution < 1.29 is 14.4 Å². The number of hydrogen-bond donors (Lipinski definition) is 1. The lowest BCUT2D eigenvalue weighted by atomic mass is 9.87. The number of piperidine rings is 2. The van der Waals surface area contributed by atoms with Crippen LogP contribution in [0.1, 0.15) is 76.3 Å². The van der Waals surface area contributed by atoms with E-state index in [1.807, 2.05) is 31.0 Å². The number of likely N-dealkylation sites (tertiary alicyclic amines) is 2. The van der Waals surface area contributed by atoms with Gasteiger partial charge < -0.3 is 9.80 Å². The standard InChI is InChI=1S/C33H44N6O4/c1-19-14-29(35(3)32(42)20(19)2)38-17-22-15-24(16-23(22)18-38)37-12-10-21(11-13-37)25-6-5-7-26-30(25)36(4)33(43)39(26)27-8-9-28(40)34-31(27)41/h5-7,21-24,27,29H,8-18H2,1-4H3,(H,34,40,41). The molecule has 4 unspecified atom stereocenters. The molecule has 3 amide bonds. The molecule has 1 N–H and O–H groups in total. The summed E-state index contributed by atoms with van der Waals surface area (Å²) in [4.78, 5) is 57.7. The van der Waals surface area contributed by atoms with Crippen LogP contribution in [-0.2, 0) is 21.4 Å². The van der Waals surface area contributed by atoms with E-state index in [9.17, 15) is 19.2 Å². The summed E-state index contributed by atoms with van der Waals surface area (Å²) in [5, 5.41) is 2.41. The summed E-state index contributed by atoms with van der Waals surface area (Å²) in [5.74, 6) is 1.27. The maximum Gasteiger partial charge on any atom is 0.329 e. The van der Waals surface area contributed by atoms with Gasteiger partial charge in [0.2, 0.25) is 17.7 Å². The highest BCUT2D eigenvalue weighted by atomic mass is 16.2. The quantitative estimate of drug-likeness (QED) is 0.552. The van der Waals surface area contributed by atoms with Crippen molar-refractivity contribution in [2.45, 2.75) is 83.0 Å². The lowest BCUT2D eigenvalue weighted by Crippen LogP contribution is -2.51. The molecular weight excluding hydrogens is 544 g/mol. The number of carbonyl (C=O) groups excluding carboxylic acids is 3. The molecule has 0 spiro atoms. The summed E-state index contributed by atoms with van der Waals surface area (Å²) in [6.07, 6.45) is 6.32. The van der Waals surface area contributed by atoms with E-state index < -0.39 is 11.9 Å². The molecule has 230 valence electrons. The van der Waals surface area contributed by atoms with Gasteiger partial charge in [-0.15, -0.1) is 0 Å². The number of nitrogens with one attached hydrogen (secondary N) is 1. The molecule has 1 aromatic heterocycles. The second-order valence-electron chi connectivity index (χ2n) is 13.8. The number of aromatic nitrogens is 2. The lowest BCUT2D eigenvalue weighted by Gasteiger charge is -2.40. The van der Waals surface area contributed by atoms with Gasteiger partial charge in [0.1, 0.15) is 6.04 Å². The van der Waals surface area contributed by atoms with E-state index in [-0.39, 0.29) is 30.1 Å². The second kappa shape index (κ2) is 10.7. The number of fused-ring (bicyclic) bond motifs is 2. The number of likely N-dealkylation sites (N-methyl/N-ethyl adjacent to an activating group) is 1. The van der Waals surface area contributed by atoms with Crippen LogP contribution in [0.2, 0.25) is 0 Å². The minimum absolute atomic E-state index is 0.176. The van der Waals surface area contributed by atoms with Gasteiger partial charge in [-0.1, -0.05) is 17.7 Å². The lowest BCUT2D eigenvalue weighted by molar-refractivity contribution is -0.136. The van der Waals surface area contributed by atoms with Crippen LogP contribution < -0.4 is 11.0 Å². The van der Waals surface area contributed by atoms with E-state index in [4.69, 9.17) is 0 Å². The highest BCUT2D eigenvalue weighted by molar-refractivity contribution is 6.00. The number of nitrogens with zero attached hydrogens (tertiary/aromatic N) is 5. The van der Waals surface area contributed by atoms with Gasteiger partial charge in [0.15, 0.2) is 0 Å². The summed E-state index contributed by atoms with van der Waals surface area (Å²) in [6.45, 7) is 8.35. The molecule has 4 aliphatic heterocycles. The molecule has 0 bridgehead atoms. The first-order valence-electron chi connectivity index (χ1n) is 16.1. The maximum atomic E-state index is 13.4. The fourth-order valence-electron chi connectivity index (χ4n) is 8.97. The van der Waals surface area contributed by atoms with E-state index >= 15 is 0 Å². The topological polar surface area (TPSA) is 99.9 Å². The molecule has 1 aromatic carbocycles. The zero-order chi connectivity index (χ0) is 30.2. The number of imide groups is 1. The zero-order valence-electron chi connectivity index (χ0n) is 25.8. The van der Waals surface area contributed by atoms with Gasteiger partial charge in [0, 0.05) is 51.6 Å². The van der Waals surface area contributed by atoms with Crippen LogP contribution in [0.15, 0.2) is 34.1 Å². The van der Waals surface area contributed by atoms with E-state index in [0.717, 1.165) is 62.0 Å². The number of benzene rings is 1. The van der Waals surface area contributed by atoms with Crippen molar-refractivity contribution in [1.82, 2.24) is 29.2 Å². The summed E-state index contributed by atoms with van der Waals surface area (Å²) in [5.41, 5.74) is 4.82. The molecule has 0 radical (unpaired) electrons. The van der Waals surface area contributed by atoms with E-state index in [1.54, 1.807) is 16.2 Å². The number of aryl methyl sites for hydroxylation is 1. The van der Waals surface area contributed by atoms with Gasteiger partial charge in [-0.3, -0.25) is 33.7 Å². The SMILES string of the molecule is CC1=C(C)C(=O)N(C)C(N2CC3CC(N4CCC(c5cccc6c5n(C)c(=O)n6C5CCC(=O)NC5=O)CC4)CC3C2)C1. The van der Waals surface area contributed by atoms with Crippen molar-refractivity contribution in [3.05, 3.63) is 45.4 Å². The normalized spacial score (nSPS) is 31.4. The summed E-state index contributed by atoms with van der Waals surface area (Å²) in [7, 11) is 3.76. The minimum atomic E-state index is -0.660. The van der Waals surface area contributed by atoms with Crippen molar-refractivity contribution in [3.63, 3.8) is 0 Å². The molecule has 5 heterocycles. The van der Waals surface area contributed by atoms with E-state index in [1.165, 1.54) is 24.0 Å². The predicted octanol–water partition coefficient (Wildman–Crippen LogP) is 2.73. The smallest absolute Gasteiger partial charge is 0.326 e.